The summed E-state index contributed by atoms with van der Waals surface area (Å²) >= 11 is 12.0. The standard InChI is InChI=1S/C19H20Cl2N2O/c1-11-17(23-24)12(2)19(14-5-9-16(21)10-6-14)22-18(11)13-3-7-15(20)8-4-13/h3-12,18-19,22,24H,1-2H3/t11-,12-,18-,19+/m0/s1. The molecule has 2 aromatic carbocycles. The quantitative estimate of drug-likeness (QED) is 0.548. The molecule has 3 nitrogen and oxygen atoms in total. The first-order valence-corrected chi connectivity index (χ1v) is 8.75. The molecular weight excluding hydrogens is 343 g/mol. The third-order valence-corrected chi connectivity index (χ3v) is 5.37. The zero-order valence-electron chi connectivity index (χ0n) is 13.6. The normalized spacial score (nSPS) is 28.9. The molecule has 1 aliphatic rings. The summed E-state index contributed by atoms with van der Waals surface area (Å²) in [5, 5.41) is 18.3. The lowest BCUT2D eigenvalue weighted by Crippen LogP contribution is -2.46. The van der Waals surface area contributed by atoms with Gasteiger partial charge in [-0.2, -0.15) is 0 Å². The van der Waals surface area contributed by atoms with E-state index in [1.165, 1.54) is 0 Å². The second kappa shape index (κ2) is 7.14. The molecular formula is C19H20Cl2N2O. The van der Waals surface area contributed by atoms with Gasteiger partial charge >= 0.3 is 0 Å². The van der Waals surface area contributed by atoms with Gasteiger partial charge in [-0.3, -0.25) is 0 Å². The van der Waals surface area contributed by atoms with Gasteiger partial charge in [-0.15, -0.1) is 0 Å². The van der Waals surface area contributed by atoms with Gasteiger partial charge in [-0.05, 0) is 35.4 Å². The van der Waals surface area contributed by atoms with Crippen LogP contribution in [0.2, 0.25) is 10.0 Å². The van der Waals surface area contributed by atoms with Crippen LogP contribution >= 0.6 is 23.2 Å². The van der Waals surface area contributed by atoms with Crippen molar-refractivity contribution in [1.82, 2.24) is 5.32 Å². The number of oxime groups is 1. The van der Waals surface area contributed by atoms with Crippen LogP contribution in [0.3, 0.4) is 0 Å². The summed E-state index contributed by atoms with van der Waals surface area (Å²) in [5.41, 5.74) is 3.05. The van der Waals surface area contributed by atoms with Crippen LogP contribution in [0.4, 0.5) is 0 Å². The number of hydrogen-bond donors (Lipinski definition) is 2. The number of rotatable bonds is 2. The predicted molar refractivity (Wildman–Crippen MR) is 99.1 cm³/mol. The first-order chi connectivity index (χ1) is 11.5. The Morgan fingerprint density at radius 2 is 1.17 bits per heavy atom. The number of piperidine rings is 1. The maximum Gasteiger partial charge on any atom is 0.0664 e. The van der Waals surface area contributed by atoms with E-state index in [9.17, 15) is 5.21 Å². The third-order valence-electron chi connectivity index (χ3n) is 4.87. The van der Waals surface area contributed by atoms with Gasteiger partial charge in [0.25, 0.3) is 0 Å². The molecule has 0 aromatic heterocycles. The molecule has 2 N–H and O–H groups in total. The summed E-state index contributed by atoms with van der Waals surface area (Å²) in [7, 11) is 0. The smallest absolute Gasteiger partial charge is 0.0664 e. The van der Waals surface area contributed by atoms with Crippen LogP contribution in [0.5, 0.6) is 0 Å². The minimum absolute atomic E-state index is 0.0463. The lowest BCUT2D eigenvalue weighted by Gasteiger charge is -2.41. The van der Waals surface area contributed by atoms with Gasteiger partial charge in [0.1, 0.15) is 0 Å². The Morgan fingerprint density at radius 3 is 1.50 bits per heavy atom. The molecule has 1 saturated heterocycles. The average molecular weight is 363 g/mol. The van der Waals surface area contributed by atoms with Crippen molar-refractivity contribution < 1.29 is 5.21 Å². The second-order valence-electron chi connectivity index (χ2n) is 6.33. The number of hydrogen-bond acceptors (Lipinski definition) is 3. The molecule has 0 radical (unpaired) electrons. The minimum Gasteiger partial charge on any atom is -0.411 e. The molecule has 5 heteroatoms. The fourth-order valence-electron chi connectivity index (χ4n) is 3.53. The molecule has 1 heterocycles. The summed E-state index contributed by atoms with van der Waals surface area (Å²) in [4.78, 5) is 0. The van der Waals surface area contributed by atoms with Crippen molar-refractivity contribution in [3.05, 3.63) is 69.7 Å². The van der Waals surface area contributed by atoms with Crippen molar-refractivity contribution in [1.29, 1.82) is 0 Å². The molecule has 3 rings (SSSR count). The van der Waals surface area contributed by atoms with Gasteiger partial charge in [0.2, 0.25) is 0 Å². The maximum absolute atomic E-state index is 9.57. The summed E-state index contributed by atoms with van der Waals surface area (Å²) < 4.78 is 0. The number of nitrogens with one attached hydrogen (secondary N) is 1. The number of halogens is 2. The Balaban J connectivity index is 1.98. The van der Waals surface area contributed by atoms with Gasteiger partial charge < -0.3 is 10.5 Å². The van der Waals surface area contributed by atoms with Gasteiger partial charge in [0, 0.05) is 34.0 Å². The van der Waals surface area contributed by atoms with Crippen molar-refractivity contribution in [2.75, 3.05) is 0 Å². The average Bonchev–Trinajstić information content (AvgIpc) is 2.58. The largest absolute Gasteiger partial charge is 0.411 e. The van der Waals surface area contributed by atoms with Gasteiger partial charge in [0.15, 0.2) is 0 Å². The summed E-state index contributed by atoms with van der Waals surface area (Å²) in [6.07, 6.45) is 0. The molecule has 24 heavy (non-hydrogen) atoms. The molecule has 0 aliphatic carbocycles. The lowest BCUT2D eigenvalue weighted by atomic mass is 9.75. The van der Waals surface area contributed by atoms with Crippen LogP contribution < -0.4 is 5.32 Å². The highest BCUT2D eigenvalue weighted by molar-refractivity contribution is 6.30. The van der Waals surface area contributed by atoms with Crippen LogP contribution in [-0.2, 0) is 0 Å². The monoisotopic (exact) mass is 362 g/mol. The molecule has 4 atom stereocenters. The SMILES string of the molecule is C[C@H]1C(=NO)[C@H](C)[C@H](c2ccc(Cl)cc2)N[C@@H]1c1ccc(Cl)cc1. The van der Waals surface area contributed by atoms with E-state index in [0.29, 0.717) is 10.0 Å². The summed E-state index contributed by atoms with van der Waals surface area (Å²) in [6.45, 7) is 4.16. The Hall–Kier alpha value is -1.55. The lowest BCUT2D eigenvalue weighted by molar-refractivity contribution is 0.271. The van der Waals surface area contributed by atoms with Crippen LogP contribution in [0.25, 0.3) is 0 Å². The fraction of sp³-hybridized carbons (Fsp3) is 0.316. The Kier molecular flexibility index (Phi) is 5.14. The predicted octanol–water partition coefficient (Wildman–Crippen LogP) is 5.48. The maximum atomic E-state index is 9.57. The minimum atomic E-state index is 0.0463. The molecule has 126 valence electrons. The van der Waals surface area contributed by atoms with Crippen LogP contribution in [0.15, 0.2) is 53.7 Å². The topological polar surface area (TPSA) is 44.6 Å². The molecule has 0 amide bonds. The van der Waals surface area contributed by atoms with Crippen LogP contribution in [-0.4, -0.2) is 10.9 Å². The van der Waals surface area contributed by atoms with E-state index in [2.05, 4.69) is 24.3 Å². The second-order valence-corrected chi connectivity index (χ2v) is 7.20. The zero-order chi connectivity index (χ0) is 17.3. The van der Waals surface area contributed by atoms with E-state index < -0.39 is 0 Å². The van der Waals surface area contributed by atoms with Crippen LogP contribution in [0, 0.1) is 11.8 Å². The highest BCUT2D eigenvalue weighted by Crippen LogP contribution is 2.39. The van der Waals surface area contributed by atoms with Gasteiger partial charge in [-0.1, -0.05) is 66.5 Å². The van der Waals surface area contributed by atoms with E-state index in [1.54, 1.807) is 0 Å². The number of benzene rings is 2. The number of nitrogens with zero attached hydrogens (tertiary/aromatic N) is 1. The highest BCUT2D eigenvalue weighted by atomic mass is 35.5. The summed E-state index contributed by atoms with van der Waals surface area (Å²) in [6, 6.07) is 15.7. The van der Waals surface area contributed by atoms with E-state index in [4.69, 9.17) is 23.2 Å². The van der Waals surface area contributed by atoms with E-state index in [1.807, 2.05) is 48.5 Å². The van der Waals surface area contributed by atoms with Crippen molar-refractivity contribution in [2.24, 2.45) is 17.0 Å². The molecule has 0 bridgehead atoms. The molecule has 1 aliphatic heterocycles. The van der Waals surface area contributed by atoms with Gasteiger partial charge in [-0.25, -0.2) is 0 Å². The van der Waals surface area contributed by atoms with Crippen molar-refractivity contribution in [2.45, 2.75) is 25.9 Å². The Bertz CT molecular complexity index is 669. The summed E-state index contributed by atoms with van der Waals surface area (Å²) in [5.74, 6) is 0.157. The Labute approximate surface area is 152 Å². The van der Waals surface area contributed by atoms with E-state index in [-0.39, 0.29) is 23.9 Å². The first-order valence-electron chi connectivity index (χ1n) is 8.00. The van der Waals surface area contributed by atoms with Gasteiger partial charge in [0.05, 0.1) is 5.71 Å². The molecule has 0 unspecified atom stereocenters. The third kappa shape index (κ3) is 3.30. The zero-order valence-corrected chi connectivity index (χ0v) is 15.1. The van der Waals surface area contributed by atoms with E-state index in [0.717, 1.165) is 16.8 Å². The fourth-order valence-corrected chi connectivity index (χ4v) is 3.78. The van der Waals surface area contributed by atoms with Crippen LogP contribution in [0.1, 0.15) is 37.1 Å². The first kappa shape index (κ1) is 17.3. The molecule has 0 spiro atoms. The molecule has 1 fully saturated rings. The van der Waals surface area contributed by atoms with E-state index >= 15 is 0 Å². The Morgan fingerprint density at radius 1 is 0.792 bits per heavy atom. The molecule has 2 aromatic rings. The van der Waals surface area contributed by atoms with Crippen molar-refractivity contribution in [3.8, 4) is 0 Å². The van der Waals surface area contributed by atoms with Crippen molar-refractivity contribution >= 4 is 28.9 Å². The molecule has 0 saturated carbocycles. The van der Waals surface area contributed by atoms with Crippen molar-refractivity contribution in [3.63, 3.8) is 0 Å². The highest BCUT2D eigenvalue weighted by Gasteiger charge is 2.39.